The number of esters is 1. The molecule has 3 atom stereocenters. The smallest absolute Gasteiger partial charge is 0.323 e. The van der Waals surface area contributed by atoms with Crippen LogP contribution in [0.1, 0.15) is 66.7 Å². The van der Waals surface area contributed by atoms with Crippen LogP contribution in [0.3, 0.4) is 0 Å². The van der Waals surface area contributed by atoms with E-state index >= 15 is 0 Å². The predicted octanol–water partition coefficient (Wildman–Crippen LogP) is 3.86. The Bertz CT molecular complexity index is 389. The van der Waals surface area contributed by atoms with Crippen molar-refractivity contribution in [3.63, 3.8) is 0 Å². The van der Waals surface area contributed by atoms with Crippen LogP contribution in [0.5, 0.6) is 0 Å². The normalized spacial score (nSPS) is 33.0. The van der Waals surface area contributed by atoms with Gasteiger partial charge in [0, 0.05) is 0 Å². The van der Waals surface area contributed by atoms with E-state index in [9.17, 15) is 4.79 Å². The van der Waals surface area contributed by atoms with Gasteiger partial charge >= 0.3 is 5.97 Å². The predicted molar refractivity (Wildman–Crippen MR) is 86.1 cm³/mol. The third-order valence-electron chi connectivity index (χ3n) is 6.61. The zero-order valence-corrected chi connectivity index (χ0v) is 14.7. The number of hydrogen-bond donors (Lipinski definition) is 0. The van der Waals surface area contributed by atoms with Crippen molar-refractivity contribution in [1.29, 1.82) is 0 Å². The molecule has 2 aliphatic rings. The van der Waals surface area contributed by atoms with Crippen LogP contribution in [0.15, 0.2) is 0 Å². The summed E-state index contributed by atoms with van der Waals surface area (Å²) in [5.74, 6) is 0.633. The zero-order valence-electron chi connectivity index (χ0n) is 14.7. The Morgan fingerprint density at radius 3 is 2.43 bits per heavy atom. The van der Waals surface area contributed by atoms with Gasteiger partial charge in [-0.3, -0.25) is 9.69 Å². The molecule has 3 nitrogen and oxygen atoms in total. The first-order valence-electron chi connectivity index (χ1n) is 8.56. The second kappa shape index (κ2) is 5.91. The van der Waals surface area contributed by atoms with Crippen molar-refractivity contribution in [2.24, 2.45) is 16.7 Å². The van der Waals surface area contributed by atoms with Crippen LogP contribution in [0.4, 0.5) is 0 Å². The molecule has 0 radical (unpaired) electrons. The molecular weight excluding hydrogens is 262 g/mol. The van der Waals surface area contributed by atoms with Crippen molar-refractivity contribution >= 4 is 5.97 Å². The van der Waals surface area contributed by atoms with Gasteiger partial charge in [0.25, 0.3) is 0 Å². The first-order valence-corrected chi connectivity index (χ1v) is 8.56. The van der Waals surface area contributed by atoms with E-state index in [-0.39, 0.29) is 18.1 Å². The number of nitrogens with zero attached hydrogens (tertiary/aromatic N) is 1. The van der Waals surface area contributed by atoms with Gasteiger partial charge in [0.2, 0.25) is 0 Å². The molecule has 122 valence electrons. The summed E-state index contributed by atoms with van der Waals surface area (Å²) in [4.78, 5) is 14.4. The second-order valence-corrected chi connectivity index (χ2v) is 8.46. The number of rotatable bonds is 4. The SMILES string of the molecule is CC(CC1CCC(C)(C)C1(C)C)OC(=O)C1CCCN1C. The van der Waals surface area contributed by atoms with Gasteiger partial charge in [-0.25, -0.2) is 0 Å². The maximum Gasteiger partial charge on any atom is 0.323 e. The van der Waals surface area contributed by atoms with Gasteiger partial charge in [-0.1, -0.05) is 27.7 Å². The Hall–Kier alpha value is -0.570. The minimum absolute atomic E-state index is 0.0134. The Morgan fingerprint density at radius 1 is 1.29 bits per heavy atom. The summed E-state index contributed by atoms with van der Waals surface area (Å²) in [6, 6.07) is -0.0134. The summed E-state index contributed by atoms with van der Waals surface area (Å²) in [5.41, 5.74) is 0.699. The average molecular weight is 295 g/mol. The molecule has 21 heavy (non-hydrogen) atoms. The highest BCUT2D eigenvalue weighted by atomic mass is 16.5. The number of hydrogen-bond acceptors (Lipinski definition) is 3. The van der Waals surface area contributed by atoms with Crippen LogP contribution in [0.25, 0.3) is 0 Å². The maximum atomic E-state index is 12.3. The average Bonchev–Trinajstić information content (AvgIpc) is 2.86. The van der Waals surface area contributed by atoms with Gasteiger partial charge < -0.3 is 4.74 Å². The van der Waals surface area contributed by atoms with Crippen LogP contribution in [0.2, 0.25) is 0 Å². The number of carbonyl (C=O) groups excluding carboxylic acids is 1. The molecule has 1 aliphatic carbocycles. The summed E-state index contributed by atoms with van der Waals surface area (Å²) < 4.78 is 5.75. The zero-order chi connectivity index (χ0) is 15.8. The monoisotopic (exact) mass is 295 g/mol. The van der Waals surface area contributed by atoms with Crippen molar-refractivity contribution in [1.82, 2.24) is 4.90 Å². The molecular formula is C18H33NO2. The fourth-order valence-corrected chi connectivity index (χ4v) is 4.12. The molecule has 2 rings (SSSR count). The van der Waals surface area contributed by atoms with Crippen LogP contribution >= 0.6 is 0 Å². The molecule has 3 heteroatoms. The van der Waals surface area contributed by atoms with E-state index in [2.05, 4.69) is 39.5 Å². The third kappa shape index (κ3) is 3.28. The summed E-state index contributed by atoms with van der Waals surface area (Å²) in [6.07, 6.45) is 5.61. The van der Waals surface area contributed by atoms with E-state index in [1.807, 2.05) is 7.05 Å². The van der Waals surface area contributed by atoms with Crippen molar-refractivity contribution < 1.29 is 9.53 Å². The topological polar surface area (TPSA) is 29.5 Å². The van der Waals surface area contributed by atoms with Gasteiger partial charge in [-0.15, -0.1) is 0 Å². The lowest BCUT2D eigenvalue weighted by molar-refractivity contribution is -0.154. The Morgan fingerprint density at radius 2 is 1.95 bits per heavy atom. The molecule has 0 bridgehead atoms. The van der Waals surface area contributed by atoms with Gasteiger partial charge in [0.05, 0.1) is 6.10 Å². The molecule has 0 N–H and O–H groups in total. The maximum absolute atomic E-state index is 12.3. The Labute approximate surface area is 130 Å². The second-order valence-electron chi connectivity index (χ2n) is 8.46. The first-order chi connectivity index (χ1) is 9.65. The molecule has 0 aromatic rings. The molecule has 1 saturated heterocycles. The van der Waals surface area contributed by atoms with E-state index in [4.69, 9.17) is 4.74 Å². The van der Waals surface area contributed by atoms with E-state index < -0.39 is 0 Å². The number of carbonyl (C=O) groups is 1. The Balaban J connectivity index is 1.88. The highest BCUT2D eigenvalue weighted by molar-refractivity contribution is 5.76. The molecule has 0 aromatic heterocycles. The number of ether oxygens (including phenoxy) is 1. The third-order valence-corrected chi connectivity index (χ3v) is 6.61. The molecule has 2 fully saturated rings. The minimum Gasteiger partial charge on any atom is -0.461 e. The highest BCUT2D eigenvalue weighted by Gasteiger charge is 2.48. The van der Waals surface area contributed by atoms with E-state index in [1.165, 1.54) is 12.8 Å². The van der Waals surface area contributed by atoms with Crippen molar-refractivity contribution in [2.45, 2.75) is 78.9 Å². The molecule has 1 heterocycles. The molecule has 3 unspecified atom stereocenters. The molecule has 0 aromatic carbocycles. The van der Waals surface area contributed by atoms with Crippen LogP contribution < -0.4 is 0 Å². The van der Waals surface area contributed by atoms with Gasteiger partial charge in [0.15, 0.2) is 0 Å². The fraction of sp³-hybridized carbons (Fsp3) is 0.944. The lowest BCUT2D eigenvalue weighted by atomic mass is 9.66. The van der Waals surface area contributed by atoms with E-state index in [0.29, 0.717) is 16.7 Å². The van der Waals surface area contributed by atoms with Crippen molar-refractivity contribution in [3.05, 3.63) is 0 Å². The Kier molecular flexibility index (Phi) is 4.72. The van der Waals surface area contributed by atoms with Crippen LogP contribution in [-0.4, -0.2) is 36.6 Å². The summed E-state index contributed by atoms with van der Waals surface area (Å²) in [7, 11) is 2.02. The highest BCUT2D eigenvalue weighted by Crippen LogP contribution is 2.56. The molecule has 1 aliphatic heterocycles. The molecule has 0 amide bonds. The lowest BCUT2D eigenvalue weighted by Crippen LogP contribution is -2.37. The largest absolute Gasteiger partial charge is 0.461 e. The van der Waals surface area contributed by atoms with E-state index in [0.717, 1.165) is 25.8 Å². The number of likely N-dealkylation sites (tertiary alicyclic amines) is 1. The van der Waals surface area contributed by atoms with Crippen molar-refractivity contribution in [2.75, 3.05) is 13.6 Å². The quantitative estimate of drug-likeness (QED) is 0.738. The van der Waals surface area contributed by atoms with Crippen LogP contribution in [0, 0.1) is 16.7 Å². The first kappa shape index (κ1) is 16.8. The summed E-state index contributed by atoms with van der Waals surface area (Å²) in [5, 5.41) is 0. The number of likely N-dealkylation sites (N-methyl/N-ethyl adjacent to an activating group) is 1. The van der Waals surface area contributed by atoms with Gasteiger partial charge in [0.1, 0.15) is 6.04 Å². The minimum atomic E-state index is -0.0161. The molecule has 0 spiro atoms. The lowest BCUT2D eigenvalue weighted by Gasteiger charge is -2.40. The van der Waals surface area contributed by atoms with Gasteiger partial charge in [-0.2, -0.15) is 0 Å². The van der Waals surface area contributed by atoms with Crippen molar-refractivity contribution in [3.8, 4) is 0 Å². The standard InChI is InChI=1S/C18H33NO2/c1-13(21-16(20)15-8-7-11-19(15)6)12-14-9-10-17(2,3)18(14,4)5/h13-15H,7-12H2,1-6H3. The molecule has 1 saturated carbocycles. The van der Waals surface area contributed by atoms with E-state index in [1.54, 1.807) is 0 Å². The fourth-order valence-electron chi connectivity index (χ4n) is 4.12. The van der Waals surface area contributed by atoms with Gasteiger partial charge in [-0.05, 0) is 69.4 Å². The summed E-state index contributed by atoms with van der Waals surface area (Å²) >= 11 is 0. The van der Waals surface area contributed by atoms with Crippen LogP contribution in [-0.2, 0) is 9.53 Å². The summed E-state index contributed by atoms with van der Waals surface area (Å²) in [6.45, 7) is 12.6.